The zero-order valence-electron chi connectivity index (χ0n) is 16.0. The smallest absolute Gasteiger partial charge is 0.258 e. The number of rotatable bonds is 7. The molecule has 0 atom stereocenters. The molecule has 0 radical (unpaired) electrons. The number of nitrogens with zero attached hydrogens (tertiary/aromatic N) is 4. The lowest BCUT2D eigenvalue weighted by Gasteiger charge is -2.36. The third kappa shape index (κ3) is 4.48. The highest BCUT2D eigenvalue weighted by atomic mass is 19.1. The number of anilines is 2. The Hall–Kier alpha value is -2.94. The average molecular weight is 389 g/mol. The fraction of sp³-hybridized carbons (Fsp3) is 0.421. The molecule has 1 aliphatic heterocycles. The van der Waals surface area contributed by atoms with Crippen LogP contribution in [0.15, 0.2) is 30.5 Å². The molecule has 1 fully saturated rings. The summed E-state index contributed by atoms with van der Waals surface area (Å²) in [6.07, 6.45) is 1.46. The Balaban J connectivity index is 1.66. The number of carbonyl (C=O) groups is 1. The molecule has 0 bridgehead atoms. The lowest BCUT2D eigenvalue weighted by molar-refractivity contribution is 0.0933. The van der Waals surface area contributed by atoms with E-state index in [-0.39, 0.29) is 23.2 Å². The number of amides is 1. The predicted octanol–water partition coefficient (Wildman–Crippen LogP) is 1.33. The molecule has 1 amide bonds. The summed E-state index contributed by atoms with van der Waals surface area (Å²) < 4.78 is 24.2. The maximum atomic E-state index is 14.0. The van der Waals surface area contributed by atoms with Crippen molar-refractivity contribution in [1.82, 2.24) is 15.3 Å². The summed E-state index contributed by atoms with van der Waals surface area (Å²) in [5.41, 5.74) is 0.871. The quantitative estimate of drug-likeness (QED) is 0.716. The van der Waals surface area contributed by atoms with E-state index in [0.29, 0.717) is 51.0 Å². The van der Waals surface area contributed by atoms with Crippen LogP contribution in [0.1, 0.15) is 10.4 Å². The van der Waals surface area contributed by atoms with Gasteiger partial charge in [-0.1, -0.05) is 12.1 Å². The number of halogens is 1. The predicted molar refractivity (Wildman–Crippen MR) is 104 cm³/mol. The highest BCUT2D eigenvalue weighted by Crippen LogP contribution is 2.23. The monoisotopic (exact) mass is 389 g/mol. The molecular formula is C19H24FN5O3. The van der Waals surface area contributed by atoms with E-state index >= 15 is 0 Å². The van der Waals surface area contributed by atoms with Gasteiger partial charge in [-0.2, -0.15) is 4.98 Å². The zero-order valence-corrected chi connectivity index (χ0v) is 16.0. The number of benzene rings is 1. The largest absolute Gasteiger partial charge is 0.480 e. The molecule has 1 N–H and O–H groups in total. The Bertz CT molecular complexity index is 812. The Morgan fingerprint density at radius 3 is 2.57 bits per heavy atom. The van der Waals surface area contributed by atoms with Crippen LogP contribution < -0.4 is 19.9 Å². The molecule has 150 valence electrons. The molecule has 28 heavy (non-hydrogen) atoms. The molecule has 0 unspecified atom stereocenters. The number of aromatic nitrogens is 2. The Labute approximate surface area is 163 Å². The Kier molecular flexibility index (Phi) is 6.59. The summed E-state index contributed by atoms with van der Waals surface area (Å²) in [7, 11) is 3.03. The second kappa shape index (κ2) is 9.32. The van der Waals surface area contributed by atoms with Gasteiger partial charge in [0, 0.05) is 46.0 Å². The molecule has 1 aliphatic rings. The molecule has 8 nitrogen and oxygen atoms in total. The van der Waals surface area contributed by atoms with Crippen LogP contribution in [0.5, 0.6) is 5.88 Å². The molecule has 9 heteroatoms. The number of piperazine rings is 1. The van der Waals surface area contributed by atoms with Crippen molar-refractivity contribution in [3.8, 4) is 5.88 Å². The van der Waals surface area contributed by atoms with Crippen LogP contribution in [-0.4, -0.2) is 69.4 Å². The lowest BCUT2D eigenvalue weighted by Crippen LogP contribution is -2.47. The van der Waals surface area contributed by atoms with Crippen molar-refractivity contribution in [1.29, 1.82) is 0 Å². The molecule has 1 saturated heterocycles. The molecule has 0 spiro atoms. The van der Waals surface area contributed by atoms with Crippen molar-refractivity contribution in [2.45, 2.75) is 0 Å². The highest BCUT2D eigenvalue weighted by Gasteiger charge is 2.23. The first-order valence-corrected chi connectivity index (χ1v) is 9.06. The minimum absolute atomic E-state index is 0.219. The van der Waals surface area contributed by atoms with E-state index in [9.17, 15) is 9.18 Å². The van der Waals surface area contributed by atoms with Crippen molar-refractivity contribution < 1.29 is 18.7 Å². The standard InChI is InChI=1S/C19H24FN5O3/c1-27-12-7-21-17(26)14-13-22-19(23-18(14)28-2)25-10-8-24(9-11-25)16-6-4-3-5-15(16)20/h3-6,13H,7-12H2,1-2H3,(H,21,26). The summed E-state index contributed by atoms with van der Waals surface area (Å²) in [5, 5.41) is 2.72. The van der Waals surface area contributed by atoms with Crippen molar-refractivity contribution in [3.05, 3.63) is 41.8 Å². The maximum absolute atomic E-state index is 14.0. The minimum Gasteiger partial charge on any atom is -0.480 e. The summed E-state index contributed by atoms with van der Waals surface area (Å²) in [5.74, 6) is 0.164. The van der Waals surface area contributed by atoms with E-state index in [4.69, 9.17) is 9.47 Å². The van der Waals surface area contributed by atoms with Gasteiger partial charge in [0.1, 0.15) is 11.4 Å². The molecule has 2 heterocycles. The van der Waals surface area contributed by atoms with Gasteiger partial charge in [0.05, 0.1) is 19.4 Å². The first-order chi connectivity index (χ1) is 13.6. The van der Waals surface area contributed by atoms with E-state index in [1.54, 1.807) is 19.2 Å². The summed E-state index contributed by atoms with van der Waals surface area (Å²) in [6.45, 7) is 3.36. The topological polar surface area (TPSA) is 79.8 Å². The van der Waals surface area contributed by atoms with Crippen molar-refractivity contribution in [2.24, 2.45) is 0 Å². The van der Waals surface area contributed by atoms with Crippen molar-refractivity contribution >= 4 is 17.5 Å². The average Bonchev–Trinajstić information content (AvgIpc) is 2.74. The van der Waals surface area contributed by atoms with Crippen LogP contribution in [0, 0.1) is 5.82 Å². The molecule has 2 aromatic rings. The van der Waals surface area contributed by atoms with Crippen LogP contribution in [0.25, 0.3) is 0 Å². The van der Waals surface area contributed by atoms with Gasteiger partial charge in [0.15, 0.2) is 0 Å². The first kappa shape index (κ1) is 19.8. The fourth-order valence-electron chi connectivity index (χ4n) is 3.04. The molecule has 0 saturated carbocycles. The van der Waals surface area contributed by atoms with E-state index < -0.39 is 0 Å². The van der Waals surface area contributed by atoms with Gasteiger partial charge in [-0.05, 0) is 12.1 Å². The molecule has 1 aromatic carbocycles. The maximum Gasteiger partial charge on any atom is 0.258 e. The van der Waals surface area contributed by atoms with Crippen LogP contribution in [0.2, 0.25) is 0 Å². The minimum atomic E-state index is -0.315. The Morgan fingerprint density at radius 1 is 1.18 bits per heavy atom. The molecule has 1 aromatic heterocycles. The number of carbonyl (C=O) groups excluding carboxylic acids is 1. The number of para-hydroxylation sites is 1. The van der Waals surface area contributed by atoms with Crippen LogP contribution in [0.3, 0.4) is 0 Å². The lowest BCUT2D eigenvalue weighted by atomic mass is 10.2. The zero-order chi connectivity index (χ0) is 19.9. The first-order valence-electron chi connectivity index (χ1n) is 9.06. The summed E-state index contributed by atoms with van der Waals surface area (Å²) >= 11 is 0. The number of methoxy groups -OCH3 is 2. The highest BCUT2D eigenvalue weighted by molar-refractivity contribution is 5.96. The van der Waals surface area contributed by atoms with Gasteiger partial charge in [0.25, 0.3) is 5.91 Å². The van der Waals surface area contributed by atoms with Crippen LogP contribution >= 0.6 is 0 Å². The van der Waals surface area contributed by atoms with Crippen molar-refractivity contribution in [3.63, 3.8) is 0 Å². The van der Waals surface area contributed by atoms with E-state index in [0.717, 1.165) is 0 Å². The second-order valence-electron chi connectivity index (χ2n) is 6.27. The molecular weight excluding hydrogens is 365 g/mol. The molecule has 0 aliphatic carbocycles. The SMILES string of the molecule is COCCNC(=O)c1cnc(N2CCN(c3ccccc3F)CC2)nc1OC. The molecule has 3 rings (SSSR count). The normalized spacial score (nSPS) is 14.1. The van der Waals surface area contributed by atoms with Crippen LogP contribution in [0.4, 0.5) is 16.0 Å². The second-order valence-corrected chi connectivity index (χ2v) is 6.27. The van der Waals surface area contributed by atoms with Gasteiger partial charge < -0.3 is 24.6 Å². The number of hydrogen-bond acceptors (Lipinski definition) is 7. The third-order valence-electron chi connectivity index (χ3n) is 4.53. The van der Waals surface area contributed by atoms with E-state index in [2.05, 4.69) is 15.3 Å². The summed E-state index contributed by atoms with van der Waals surface area (Å²) in [6, 6.07) is 6.75. The van der Waals surface area contributed by atoms with Gasteiger partial charge in [-0.15, -0.1) is 0 Å². The third-order valence-corrected chi connectivity index (χ3v) is 4.53. The Morgan fingerprint density at radius 2 is 1.89 bits per heavy atom. The van der Waals surface area contributed by atoms with Crippen LogP contribution in [-0.2, 0) is 4.74 Å². The number of nitrogens with one attached hydrogen (secondary N) is 1. The van der Waals surface area contributed by atoms with Gasteiger partial charge in [0.2, 0.25) is 11.8 Å². The van der Waals surface area contributed by atoms with E-state index in [1.165, 1.54) is 19.4 Å². The number of hydrogen-bond donors (Lipinski definition) is 1. The van der Waals surface area contributed by atoms with Gasteiger partial charge in [-0.3, -0.25) is 4.79 Å². The van der Waals surface area contributed by atoms with Gasteiger partial charge >= 0.3 is 0 Å². The summed E-state index contributed by atoms with van der Waals surface area (Å²) in [4.78, 5) is 24.9. The van der Waals surface area contributed by atoms with Crippen molar-refractivity contribution in [2.75, 3.05) is 63.4 Å². The number of ether oxygens (including phenoxy) is 2. The van der Waals surface area contributed by atoms with E-state index in [1.807, 2.05) is 15.9 Å². The van der Waals surface area contributed by atoms with Gasteiger partial charge in [-0.25, -0.2) is 9.37 Å². The fourth-order valence-corrected chi connectivity index (χ4v) is 3.04.